The number of hydrogen-bond acceptors (Lipinski definition) is 5. The number of halogens is 1. The number of aryl methyl sites for hydroxylation is 1. The van der Waals surface area contributed by atoms with Crippen molar-refractivity contribution in [1.82, 2.24) is 10.5 Å². The number of benzene rings is 1. The first-order valence-corrected chi connectivity index (χ1v) is 9.36. The third-order valence-corrected chi connectivity index (χ3v) is 5.07. The molecule has 28 heavy (non-hydrogen) atoms. The summed E-state index contributed by atoms with van der Waals surface area (Å²) >= 11 is 0. The van der Waals surface area contributed by atoms with Gasteiger partial charge in [0.25, 0.3) is 5.91 Å². The van der Waals surface area contributed by atoms with Gasteiger partial charge in [0.05, 0.1) is 6.20 Å². The molecule has 0 radical (unpaired) electrons. The highest BCUT2D eigenvalue weighted by molar-refractivity contribution is 6.04. The van der Waals surface area contributed by atoms with Crippen molar-refractivity contribution in [3.63, 3.8) is 0 Å². The molecule has 1 saturated heterocycles. The lowest BCUT2D eigenvalue weighted by Crippen LogP contribution is -2.34. The second-order valence-corrected chi connectivity index (χ2v) is 7.16. The number of carbonyl (C=O) groups is 2. The molecule has 152 valence electrons. The molecule has 1 aromatic carbocycles. The van der Waals surface area contributed by atoms with Gasteiger partial charge >= 0.3 is 0 Å². The Morgan fingerprint density at radius 2 is 1.93 bits per heavy atom. The van der Waals surface area contributed by atoms with E-state index >= 15 is 0 Å². The molecule has 2 unspecified atom stereocenters. The van der Waals surface area contributed by atoms with Crippen molar-refractivity contribution in [3.05, 3.63) is 41.8 Å². The minimum absolute atomic E-state index is 0. The van der Waals surface area contributed by atoms with Crippen LogP contribution in [0, 0.1) is 18.8 Å². The summed E-state index contributed by atoms with van der Waals surface area (Å²) < 4.78 is 4.90. The predicted molar refractivity (Wildman–Crippen MR) is 111 cm³/mol. The zero-order valence-corrected chi connectivity index (χ0v) is 17.0. The number of piperidine rings is 1. The largest absolute Gasteiger partial charge is 0.361 e. The minimum atomic E-state index is -0.277. The number of anilines is 2. The van der Waals surface area contributed by atoms with E-state index in [-0.39, 0.29) is 24.2 Å². The van der Waals surface area contributed by atoms with Crippen molar-refractivity contribution in [2.24, 2.45) is 11.8 Å². The fourth-order valence-electron chi connectivity index (χ4n) is 3.39. The lowest BCUT2D eigenvalue weighted by atomic mass is 9.85. The molecule has 0 bridgehead atoms. The summed E-state index contributed by atoms with van der Waals surface area (Å²) in [6, 6.07) is 7.07. The second kappa shape index (κ2) is 10.2. The molecule has 2 aromatic rings. The van der Waals surface area contributed by atoms with E-state index < -0.39 is 0 Å². The maximum Gasteiger partial charge on any atom is 0.260 e. The Balaban J connectivity index is 0.00000280. The molecule has 1 fully saturated rings. The number of carbonyl (C=O) groups excluding carboxylic acids is 2. The number of amides is 2. The quantitative estimate of drug-likeness (QED) is 0.680. The molecule has 1 aliphatic rings. The summed E-state index contributed by atoms with van der Waals surface area (Å²) in [6.45, 7) is 5.90. The summed E-state index contributed by atoms with van der Waals surface area (Å²) in [6.07, 6.45) is 4.26. The molecule has 3 rings (SSSR count). The number of rotatable bonds is 6. The zero-order chi connectivity index (χ0) is 19.2. The van der Waals surface area contributed by atoms with Crippen LogP contribution in [0.4, 0.5) is 11.4 Å². The standard InChI is InChI=1S/C20H26N4O3.ClH/c1-13(15-4-3-9-21-11-15)10-19(25)23-16-5-7-17(8-6-16)24-20(26)18-12-22-27-14(18)2;/h5-8,12-13,15,21H,3-4,9-11H2,1-2H3,(H,23,25)(H,24,26);1H. The highest BCUT2D eigenvalue weighted by atomic mass is 35.5. The van der Waals surface area contributed by atoms with Crippen molar-refractivity contribution in [1.29, 1.82) is 0 Å². The lowest BCUT2D eigenvalue weighted by molar-refractivity contribution is -0.117. The maximum absolute atomic E-state index is 12.3. The SMILES string of the molecule is Cc1oncc1C(=O)Nc1ccc(NC(=O)CC(C)C2CCCNC2)cc1.Cl. The van der Waals surface area contributed by atoms with Gasteiger partial charge in [0.2, 0.25) is 5.91 Å². The first-order chi connectivity index (χ1) is 13.0. The molecule has 2 amide bonds. The van der Waals surface area contributed by atoms with Crippen LogP contribution in [0.15, 0.2) is 35.0 Å². The van der Waals surface area contributed by atoms with Crippen molar-refractivity contribution in [2.75, 3.05) is 23.7 Å². The summed E-state index contributed by atoms with van der Waals surface area (Å²) in [4.78, 5) is 24.4. The van der Waals surface area contributed by atoms with Gasteiger partial charge < -0.3 is 20.5 Å². The van der Waals surface area contributed by atoms with Crippen molar-refractivity contribution in [3.8, 4) is 0 Å². The highest BCUT2D eigenvalue weighted by Gasteiger charge is 2.22. The number of nitrogens with zero attached hydrogens (tertiary/aromatic N) is 1. The third kappa shape index (κ3) is 5.81. The van der Waals surface area contributed by atoms with Crippen LogP contribution in [0.2, 0.25) is 0 Å². The monoisotopic (exact) mass is 406 g/mol. The Morgan fingerprint density at radius 1 is 1.25 bits per heavy atom. The van der Waals surface area contributed by atoms with Crippen LogP contribution < -0.4 is 16.0 Å². The van der Waals surface area contributed by atoms with Gasteiger partial charge in [-0.1, -0.05) is 12.1 Å². The van der Waals surface area contributed by atoms with Crippen LogP contribution in [0.25, 0.3) is 0 Å². The molecule has 0 aliphatic carbocycles. The predicted octanol–water partition coefficient (Wildman–Crippen LogP) is 3.62. The van der Waals surface area contributed by atoms with Gasteiger partial charge in [-0.2, -0.15) is 0 Å². The van der Waals surface area contributed by atoms with Crippen LogP contribution in [0.1, 0.15) is 42.3 Å². The van der Waals surface area contributed by atoms with E-state index in [4.69, 9.17) is 4.52 Å². The van der Waals surface area contributed by atoms with E-state index in [1.807, 2.05) is 0 Å². The molecule has 1 aromatic heterocycles. The maximum atomic E-state index is 12.3. The molecule has 3 N–H and O–H groups in total. The van der Waals surface area contributed by atoms with Crippen LogP contribution in [0.5, 0.6) is 0 Å². The molecule has 1 aliphatic heterocycles. The Kier molecular flexibility index (Phi) is 8.02. The van der Waals surface area contributed by atoms with Crippen LogP contribution in [-0.2, 0) is 4.79 Å². The minimum Gasteiger partial charge on any atom is -0.361 e. The molecule has 2 heterocycles. The summed E-state index contributed by atoms with van der Waals surface area (Å²) in [7, 11) is 0. The van der Waals surface area contributed by atoms with Crippen LogP contribution in [0.3, 0.4) is 0 Å². The third-order valence-electron chi connectivity index (χ3n) is 5.07. The van der Waals surface area contributed by atoms with E-state index in [9.17, 15) is 9.59 Å². The van der Waals surface area contributed by atoms with Gasteiger partial charge in [0.15, 0.2) is 0 Å². The fourth-order valence-corrected chi connectivity index (χ4v) is 3.39. The highest BCUT2D eigenvalue weighted by Crippen LogP contribution is 2.23. The average Bonchev–Trinajstić information content (AvgIpc) is 3.10. The zero-order valence-electron chi connectivity index (χ0n) is 16.2. The lowest BCUT2D eigenvalue weighted by Gasteiger charge is -2.28. The van der Waals surface area contributed by atoms with Crippen molar-refractivity contribution >= 4 is 35.6 Å². The van der Waals surface area contributed by atoms with E-state index in [1.54, 1.807) is 31.2 Å². The van der Waals surface area contributed by atoms with E-state index in [2.05, 4.69) is 28.0 Å². The number of nitrogens with one attached hydrogen (secondary N) is 3. The van der Waals surface area contributed by atoms with Gasteiger partial charge in [-0.05, 0) is 69.0 Å². The first kappa shape index (κ1) is 21.9. The molecule has 7 nitrogen and oxygen atoms in total. The Labute approximate surface area is 171 Å². The molecule has 0 saturated carbocycles. The normalized spacial score (nSPS) is 17.3. The van der Waals surface area contributed by atoms with Crippen molar-refractivity contribution < 1.29 is 14.1 Å². The van der Waals surface area contributed by atoms with E-state index in [1.165, 1.54) is 19.0 Å². The van der Waals surface area contributed by atoms with Gasteiger partial charge in [-0.25, -0.2) is 0 Å². The second-order valence-electron chi connectivity index (χ2n) is 7.16. The Morgan fingerprint density at radius 3 is 2.50 bits per heavy atom. The fraction of sp³-hybridized carbons (Fsp3) is 0.450. The first-order valence-electron chi connectivity index (χ1n) is 9.36. The van der Waals surface area contributed by atoms with Crippen LogP contribution in [-0.4, -0.2) is 30.1 Å². The van der Waals surface area contributed by atoms with Gasteiger partial charge in [-0.3, -0.25) is 9.59 Å². The molecular weight excluding hydrogens is 380 g/mol. The summed E-state index contributed by atoms with van der Waals surface area (Å²) in [5, 5.41) is 12.7. The molecule has 2 atom stereocenters. The molecule has 8 heteroatoms. The molecule has 0 spiro atoms. The average molecular weight is 407 g/mol. The van der Waals surface area contributed by atoms with Gasteiger partial charge in [0, 0.05) is 17.8 Å². The Bertz CT molecular complexity index is 785. The summed E-state index contributed by atoms with van der Waals surface area (Å²) in [5.41, 5.74) is 1.76. The van der Waals surface area contributed by atoms with Gasteiger partial charge in [-0.15, -0.1) is 12.4 Å². The number of hydrogen-bond donors (Lipinski definition) is 3. The van der Waals surface area contributed by atoms with Crippen LogP contribution >= 0.6 is 12.4 Å². The summed E-state index contributed by atoms with van der Waals surface area (Å²) in [5.74, 6) is 1.12. The Hall–Kier alpha value is -2.38. The number of aromatic nitrogens is 1. The van der Waals surface area contributed by atoms with Crippen molar-refractivity contribution in [2.45, 2.75) is 33.1 Å². The topological polar surface area (TPSA) is 96.3 Å². The van der Waals surface area contributed by atoms with E-state index in [0.717, 1.165) is 13.1 Å². The smallest absolute Gasteiger partial charge is 0.260 e. The molecular formula is C20H27ClN4O3. The van der Waals surface area contributed by atoms with Gasteiger partial charge in [0.1, 0.15) is 11.3 Å². The van der Waals surface area contributed by atoms with E-state index in [0.29, 0.717) is 41.0 Å².